The lowest BCUT2D eigenvalue weighted by Crippen LogP contribution is -2.36. The topological polar surface area (TPSA) is 69.3 Å². The first-order valence-corrected chi connectivity index (χ1v) is 7.04. The molecular formula is C16H23N3O2. The fraction of sp³-hybridized carbons (Fsp3) is 0.438. The zero-order chi connectivity index (χ0) is 15.6. The third kappa shape index (κ3) is 3.98. The molecule has 114 valence electrons. The molecule has 5 nitrogen and oxygen atoms in total. The molecule has 1 amide bonds. The van der Waals surface area contributed by atoms with Crippen LogP contribution < -0.4 is 11.1 Å². The van der Waals surface area contributed by atoms with Gasteiger partial charge in [0.1, 0.15) is 5.60 Å². The Morgan fingerprint density at radius 1 is 1.38 bits per heavy atom. The average Bonchev–Trinajstić information content (AvgIpc) is 2.75. The summed E-state index contributed by atoms with van der Waals surface area (Å²) < 4.78 is 7.25. The predicted molar refractivity (Wildman–Crippen MR) is 84.1 cm³/mol. The predicted octanol–water partition coefficient (Wildman–Crippen LogP) is 2.70. The second kappa shape index (κ2) is 5.77. The van der Waals surface area contributed by atoms with Gasteiger partial charge in [0.2, 0.25) is 0 Å². The van der Waals surface area contributed by atoms with E-state index in [0.29, 0.717) is 6.54 Å². The summed E-state index contributed by atoms with van der Waals surface area (Å²) in [6.07, 6.45) is 1.57. The Morgan fingerprint density at radius 3 is 2.76 bits per heavy atom. The van der Waals surface area contributed by atoms with Crippen molar-refractivity contribution < 1.29 is 9.53 Å². The van der Waals surface area contributed by atoms with E-state index in [1.807, 2.05) is 52.2 Å². The van der Waals surface area contributed by atoms with Crippen molar-refractivity contribution in [2.75, 3.05) is 6.54 Å². The number of carbonyl (C=O) groups is 1. The quantitative estimate of drug-likeness (QED) is 0.912. The number of benzene rings is 1. The molecule has 2 rings (SSSR count). The minimum absolute atomic E-state index is 0.262. The summed E-state index contributed by atoms with van der Waals surface area (Å²) in [5.74, 6) is 0. The fourth-order valence-corrected chi connectivity index (χ4v) is 2.16. The maximum atomic E-state index is 11.6. The number of nitrogens with one attached hydrogen (secondary N) is 1. The van der Waals surface area contributed by atoms with Crippen LogP contribution in [0.1, 0.15) is 32.4 Å². The normalized spacial score (nSPS) is 13.2. The highest BCUT2D eigenvalue weighted by atomic mass is 16.6. The summed E-state index contributed by atoms with van der Waals surface area (Å²) in [5, 5.41) is 3.84. The molecule has 2 aromatic rings. The lowest BCUT2D eigenvalue weighted by molar-refractivity contribution is 0.0524. The van der Waals surface area contributed by atoms with Gasteiger partial charge >= 0.3 is 6.09 Å². The van der Waals surface area contributed by atoms with Crippen LogP contribution in [0.2, 0.25) is 0 Å². The summed E-state index contributed by atoms with van der Waals surface area (Å²) in [4.78, 5) is 11.6. The first-order chi connectivity index (χ1) is 9.76. The van der Waals surface area contributed by atoms with Crippen molar-refractivity contribution in [1.29, 1.82) is 0 Å². The molecule has 5 heteroatoms. The van der Waals surface area contributed by atoms with Crippen molar-refractivity contribution >= 4 is 17.0 Å². The molecule has 3 N–H and O–H groups in total. The van der Waals surface area contributed by atoms with Gasteiger partial charge in [0, 0.05) is 31.3 Å². The van der Waals surface area contributed by atoms with Gasteiger partial charge in [0.05, 0.1) is 0 Å². The largest absolute Gasteiger partial charge is 0.444 e. The third-order valence-corrected chi connectivity index (χ3v) is 3.20. The van der Waals surface area contributed by atoms with E-state index in [0.717, 1.165) is 16.5 Å². The van der Waals surface area contributed by atoms with E-state index in [1.165, 1.54) is 0 Å². The maximum Gasteiger partial charge on any atom is 0.407 e. The van der Waals surface area contributed by atoms with E-state index in [1.54, 1.807) is 0 Å². The Balaban J connectivity index is 1.98. The van der Waals surface area contributed by atoms with Crippen molar-refractivity contribution in [2.45, 2.75) is 32.4 Å². The van der Waals surface area contributed by atoms with Gasteiger partial charge < -0.3 is 20.4 Å². The molecule has 0 spiro atoms. The van der Waals surface area contributed by atoms with Crippen LogP contribution in [0.4, 0.5) is 4.79 Å². The van der Waals surface area contributed by atoms with Crippen LogP contribution in [0, 0.1) is 0 Å². The third-order valence-electron chi connectivity index (χ3n) is 3.20. The zero-order valence-corrected chi connectivity index (χ0v) is 13.0. The maximum absolute atomic E-state index is 11.6. The molecule has 0 radical (unpaired) electrons. The summed E-state index contributed by atoms with van der Waals surface area (Å²) in [7, 11) is 2.01. The van der Waals surface area contributed by atoms with Crippen molar-refractivity contribution in [2.24, 2.45) is 12.8 Å². The van der Waals surface area contributed by atoms with E-state index >= 15 is 0 Å². The van der Waals surface area contributed by atoms with Crippen LogP contribution in [0.15, 0.2) is 30.5 Å². The van der Waals surface area contributed by atoms with Gasteiger partial charge in [-0.15, -0.1) is 0 Å². The van der Waals surface area contributed by atoms with Gasteiger partial charge in [0.25, 0.3) is 0 Å². The Bertz CT molecular complexity index is 640. The molecule has 1 aromatic carbocycles. The summed E-state index contributed by atoms with van der Waals surface area (Å²) in [5.41, 5.74) is 7.77. The van der Waals surface area contributed by atoms with Crippen molar-refractivity contribution in [3.8, 4) is 0 Å². The molecule has 0 aliphatic heterocycles. The molecule has 0 saturated heterocycles. The molecule has 0 saturated carbocycles. The van der Waals surface area contributed by atoms with E-state index in [9.17, 15) is 4.79 Å². The van der Waals surface area contributed by atoms with Crippen LogP contribution in [0.3, 0.4) is 0 Å². The molecule has 1 unspecified atom stereocenters. The highest BCUT2D eigenvalue weighted by Gasteiger charge is 2.17. The highest BCUT2D eigenvalue weighted by Crippen LogP contribution is 2.19. The second-order valence-corrected chi connectivity index (χ2v) is 6.23. The number of carbonyl (C=O) groups excluding carboxylic acids is 1. The minimum atomic E-state index is -0.503. The molecule has 1 aromatic heterocycles. The number of aryl methyl sites for hydroxylation is 1. The van der Waals surface area contributed by atoms with Gasteiger partial charge in [-0.2, -0.15) is 0 Å². The Labute approximate surface area is 125 Å². The number of amides is 1. The molecule has 21 heavy (non-hydrogen) atoms. The highest BCUT2D eigenvalue weighted by molar-refractivity contribution is 5.81. The van der Waals surface area contributed by atoms with Crippen LogP contribution in [-0.2, 0) is 11.8 Å². The number of aromatic nitrogens is 1. The molecule has 1 atom stereocenters. The monoisotopic (exact) mass is 289 g/mol. The number of hydrogen-bond donors (Lipinski definition) is 2. The number of hydrogen-bond acceptors (Lipinski definition) is 3. The second-order valence-electron chi connectivity index (χ2n) is 6.23. The number of ether oxygens (including phenoxy) is 1. The number of nitrogens with zero attached hydrogens (tertiary/aromatic N) is 1. The van der Waals surface area contributed by atoms with Gasteiger partial charge in [0.15, 0.2) is 0 Å². The lowest BCUT2D eigenvalue weighted by atomic mass is 10.1. The summed E-state index contributed by atoms with van der Waals surface area (Å²) in [6.45, 7) is 5.83. The lowest BCUT2D eigenvalue weighted by Gasteiger charge is -2.21. The number of nitrogens with two attached hydrogens (primary N) is 1. The van der Waals surface area contributed by atoms with Gasteiger partial charge in [-0.25, -0.2) is 4.79 Å². The minimum Gasteiger partial charge on any atom is -0.444 e. The van der Waals surface area contributed by atoms with Crippen LogP contribution in [0.25, 0.3) is 10.9 Å². The molecule has 0 aliphatic carbocycles. The molecule has 0 bridgehead atoms. The van der Waals surface area contributed by atoms with E-state index in [4.69, 9.17) is 10.5 Å². The smallest absolute Gasteiger partial charge is 0.407 e. The fourth-order valence-electron chi connectivity index (χ4n) is 2.16. The van der Waals surface area contributed by atoms with Crippen LogP contribution >= 0.6 is 0 Å². The first-order valence-electron chi connectivity index (χ1n) is 7.04. The SMILES string of the molecule is Cn1ccc2cc(C(N)CNC(=O)OC(C)(C)C)ccc21. The Hall–Kier alpha value is -2.01. The molecular weight excluding hydrogens is 266 g/mol. The van der Waals surface area contributed by atoms with E-state index < -0.39 is 11.7 Å². The van der Waals surface area contributed by atoms with E-state index in [-0.39, 0.29) is 6.04 Å². The number of fused-ring (bicyclic) bond motifs is 1. The van der Waals surface area contributed by atoms with Crippen molar-refractivity contribution in [1.82, 2.24) is 9.88 Å². The molecule has 1 heterocycles. The standard InChI is InChI=1S/C16H23N3O2/c1-16(2,3)21-15(20)18-10-13(17)11-5-6-14-12(9-11)7-8-19(14)4/h5-9,13H,10,17H2,1-4H3,(H,18,20). The zero-order valence-electron chi connectivity index (χ0n) is 13.0. The Kier molecular flexibility index (Phi) is 4.23. The average molecular weight is 289 g/mol. The summed E-state index contributed by atoms with van der Waals surface area (Å²) >= 11 is 0. The molecule has 0 fully saturated rings. The number of alkyl carbamates (subject to hydrolysis) is 1. The van der Waals surface area contributed by atoms with Gasteiger partial charge in [-0.05, 0) is 49.9 Å². The molecule has 0 aliphatic rings. The van der Waals surface area contributed by atoms with Crippen LogP contribution in [0.5, 0.6) is 0 Å². The van der Waals surface area contributed by atoms with E-state index in [2.05, 4.69) is 16.0 Å². The van der Waals surface area contributed by atoms with Crippen LogP contribution in [-0.4, -0.2) is 22.8 Å². The number of rotatable bonds is 3. The summed E-state index contributed by atoms with van der Waals surface area (Å²) in [6, 6.07) is 7.87. The van der Waals surface area contributed by atoms with Gasteiger partial charge in [-0.1, -0.05) is 6.07 Å². The first kappa shape index (κ1) is 15.4. The van der Waals surface area contributed by atoms with Gasteiger partial charge in [-0.3, -0.25) is 0 Å². The van der Waals surface area contributed by atoms with Crippen molar-refractivity contribution in [3.63, 3.8) is 0 Å². The Morgan fingerprint density at radius 2 is 2.10 bits per heavy atom. The van der Waals surface area contributed by atoms with Crippen molar-refractivity contribution in [3.05, 3.63) is 36.0 Å².